The molecule has 33 heavy (non-hydrogen) atoms. The van der Waals surface area contributed by atoms with Crippen molar-refractivity contribution in [3.8, 4) is 5.75 Å². The fraction of sp³-hybridized carbons (Fsp3) is 0.185. The molecule has 0 atom stereocenters. The summed E-state index contributed by atoms with van der Waals surface area (Å²) >= 11 is 6.06. The number of para-hydroxylation sites is 2. The predicted octanol–water partition coefficient (Wildman–Crippen LogP) is 6.26. The van der Waals surface area contributed by atoms with Crippen LogP contribution >= 0.6 is 11.6 Å². The van der Waals surface area contributed by atoms with Gasteiger partial charge in [0.15, 0.2) is 0 Å². The number of imide groups is 1. The molecular weight excluding hydrogens is 436 g/mol. The topological polar surface area (TPSA) is 58.6 Å². The average molecular weight is 461 g/mol. The second kappa shape index (κ2) is 9.51. The summed E-state index contributed by atoms with van der Waals surface area (Å²) < 4.78 is 5.69. The molecule has 0 saturated heterocycles. The van der Waals surface area contributed by atoms with E-state index in [1.807, 2.05) is 37.3 Å². The molecule has 168 valence electrons. The van der Waals surface area contributed by atoms with Crippen LogP contribution in [-0.2, 0) is 9.59 Å². The van der Waals surface area contributed by atoms with Gasteiger partial charge in [0.1, 0.15) is 11.4 Å². The number of benzene rings is 3. The van der Waals surface area contributed by atoms with E-state index in [2.05, 4.69) is 19.2 Å². The zero-order valence-electron chi connectivity index (χ0n) is 18.8. The normalized spacial score (nSPS) is 13.8. The maximum Gasteiger partial charge on any atom is 0.282 e. The van der Waals surface area contributed by atoms with Gasteiger partial charge in [0.05, 0.1) is 17.9 Å². The van der Waals surface area contributed by atoms with Gasteiger partial charge >= 0.3 is 0 Å². The number of nitrogens with one attached hydrogen (secondary N) is 1. The third kappa shape index (κ3) is 4.50. The molecule has 0 aromatic heterocycles. The van der Waals surface area contributed by atoms with Gasteiger partial charge in [0, 0.05) is 10.7 Å². The van der Waals surface area contributed by atoms with Crippen LogP contribution in [0.5, 0.6) is 5.75 Å². The average Bonchev–Trinajstić information content (AvgIpc) is 3.05. The van der Waals surface area contributed by atoms with Crippen LogP contribution in [0.2, 0.25) is 5.02 Å². The molecule has 0 aliphatic carbocycles. The third-order valence-electron chi connectivity index (χ3n) is 5.47. The monoisotopic (exact) mass is 460 g/mol. The highest BCUT2D eigenvalue weighted by Gasteiger charge is 2.41. The molecule has 1 heterocycles. The van der Waals surface area contributed by atoms with Crippen LogP contribution in [0.25, 0.3) is 5.57 Å². The lowest BCUT2D eigenvalue weighted by Crippen LogP contribution is -2.32. The summed E-state index contributed by atoms with van der Waals surface area (Å²) in [5.41, 5.74) is 3.43. The highest BCUT2D eigenvalue weighted by atomic mass is 35.5. The molecule has 0 saturated carbocycles. The van der Waals surface area contributed by atoms with Crippen molar-refractivity contribution in [3.05, 3.63) is 94.6 Å². The van der Waals surface area contributed by atoms with Crippen molar-refractivity contribution >= 4 is 40.4 Å². The summed E-state index contributed by atoms with van der Waals surface area (Å²) in [5, 5.41) is 3.74. The molecule has 3 aromatic rings. The molecule has 0 bridgehead atoms. The van der Waals surface area contributed by atoms with E-state index in [-0.39, 0.29) is 11.3 Å². The Bertz CT molecular complexity index is 1210. The van der Waals surface area contributed by atoms with E-state index in [0.717, 1.165) is 5.69 Å². The lowest BCUT2D eigenvalue weighted by molar-refractivity contribution is -0.120. The lowest BCUT2D eigenvalue weighted by Gasteiger charge is -2.19. The van der Waals surface area contributed by atoms with Gasteiger partial charge in [0.25, 0.3) is 11.8 Å². The quantitative estimate of drug-likeness (QED) is 0.423. The van der Waals surface area contributed by atoms with Crippen LogP contribution in [0, 0.1) is 0 Å². The smallest absolute Gasteiger partial charge is 0.282 e. The maximum absolute atomic E-state index is 13.6. The van der Waals surface area contributed by atoms with E-state index in [4.69, 9.17) is 16.3 Å². The highest BCUT2D eigenvalue weighted by Crippen LogP contribution is 2.38. The number of halogens is 1. The summed E-state index contributed by atoms with van der Waals surface area (Å²) in [7, 11) is 0. The summed E-state index contributed by atoms with van der Waals surface area (Å²) in [6.45, 7) is 6.51. The summed E-state index contributed by atoms with van der Waals surface area (Å²) in [4.78, 5) is 28.4. The van der Waals surface area contributed by atoms with Gasteiger partial charge in [-0.05, 0) is 60.4 Å². The molecule has 5 nitrogen and oxygen atoms in total. The summed E-state index contributed by atoms with van der Waals surface area (Å²) in [6, 6.07) is 21.8. The van der Waals surface area contributed by atoms with Crippen molar-refractivity contribution in [2.24, 2.45) is 0 Å². The highest BCUT2D eigenvalue weighted by molar-refractivity contribution is 6.46. The van der Waals surface area contributed by atoms with Gasteiger partial charge in [-0.25, -0.2) is 4.90 Å². The van der Waals surface area contributed by atoms with E-state index in [0.29, 0.717) is 34.5 Å². The molecule has 0 fully saturated rings. The first-order valence-corrected chi connectivity index (χ1v) is 11.3. The fourth-order valence-electron chi connectivity index (χ4n) is 3.76. The molecule has 1 aliphatic rings. The molecular formula is C27H25ClN2O3. The largest absolute Gasteiger partial charge is 0.492 e. The minimum absolute atomic E-state index is 0.214. The maximum atomic E-state index is 13.6. The van der Waals surface area contributed by atoms with E-state index in [1.54, 1.807) is 42.5 Å². The zero-order valence-corrected chi connectivity index (χ0v) is 19.5. The molecule has 6 heteroatoms. The molecule has 2 amide bonds. The van der Waals surface area contributed by atoms with Crippen LogP contribution in [0.1, 0.15) is 37.8 Å². The van der Waals surface area contributed by atoms with E-state index in [9.17, 15) is 9.59 Å². The molecule has 4 rings (SSSR count). The Morgan fingerprint density at radius 2 is 1.58 bits per heavy atom. The Morgan fingerprint density at radius 3 is 2.21 bits per heavy atom. The van der Waals surface area contributed by atoms with Gasteiger partial charge in [-0.2, -0.15) is 0 Å². The standard InChI is InChI=1S/C27H25ClN2O3/c1-4-33-23-8-6-5-7-22(23)30-26(31)24(19-9-13-20(28)14-10-19)25(27(30)32)29-21-15-11-18(12-16-21)17(2)3/h5-17,29H,4H2,1-3H3. The van der Waals surface area contributed by atoms with Crippen LogP contribution in [0.4, 0.5) is 11.4 Å². The van der Waals surface area contributed by atoms with Gasteiger partial charge < -0.3 is 10.1 Å². The predicted molar refractivity (Wildman–Crippen MR) is 133 cm³/mol. The Kier molecular flexibility index (Phi) is 6.52. The molecule has 0 unspecified atom stereocenters. The first kappa shape index (κ1) is 22.6. The van der Waals surface area contributed by atoms with Gasteiger partial charge in [-0.15, -0.1) is 0 Å². The number of ether oxygens (including phenoxy) is 1. The van der Waals surface area contributed by atoms with Crippen molar-refractivity contribution in [1.29, 1.82) is 0 Å². The Labute approximate surface area is 198 Å². The minimum Gasteiger partial charge on any atom is -0.492 e. The second-order valence-electron chi connectivity index (χ2n) is 8.01. The molecule has 1 aliphatic heterocycles. The first-order chi connectivity index (χ1) is 15.9. The van der Waals surface area contributed by atoms with Crippen molar-refractivity contribution in [3.63, 3.8) is 0 Å². The van der Waals surface area contributed by atoms with Gasteiger partial charge in [-0.3, -0.25) is 9.59 Å². The number of carbonyl (C=O) groups excluding carboxylic acids is 2. The molecule has 3 aromatic carbocycles. The molecule has 0 spiro atoms. The summed E-state index contributed by atoms with van der Waals surface area (Å²) in [6.07, 6.45) is 0. The molecule has 1 N–H and O–H groups in total. The number of hydrogen-bond donors (Lipinski definition) is 1. The second-order valence-corrected chi connectivity index (χ2v) is 8.44. The fourth-order valence-corrected chi connectivity index (χ4v) is 3.89. The van der Waals surface area contributed by atoms with Gasteiger partial charge in [-0.1, -0.05) is 61.8 Å². The van der Waals surface area contributed by atoms with Crippen molar-refractivity contribution in [1.82, 2.24) is 0 Å². The van der Waals surface area contributed by atoms with E-state index >= 15 is 0 Å². The molecule has 0 radical (unpaired) electrons. The van der Waals surface area contributed by atoms with E-state index in [1.165, 1.54) is 10.5 Å². The minimum atomic E-state index is -0.440. The third-order valence-corrected chi connectivity index (χ3v) is 5.72. The Morgan fingerprint density at radius 1 is 0.909 bits per heavy atom. The SMILES string of the molecule is CCOc1ccccc1N1C(=O)C(Nc2ccc(C(C)C)cc2)=C(c2ccc(Cl)cc2)C1=O. The number of carbonyl (C=O) groups is 2. The Hall–Kier alpha value is -3.57. The van der Waals surface area contributed by atoms with E-state index < -0.39 is 11.8 Å². The summed E-state index contributed by atoms with van der Waals surface area (Å²) in [5.74, 6) is 0.00338. The number of rotatable bonds is 7. The lowest BCUT2D eigenvalue weighted by atomic mass is 10.0. The van der Waals surface area contributed by atoms with Crippen LogP contribution in [0.3, 0.4) is 0 Å². The first-order valence-electron chi connectivity index (χ1n) is 10.9. The van der Waals surface area contributed by atoms with Crippen molar-refractivity contribution in [2.45, 2.75) is 26.7 Å². The number of hydrogen-bond acceptors (Lipinski definition) is 4. The number of amides is 2. The van der Waals surface area contributed by atoms with Crippen LogP contribution < -0.4 is 15.0 Å². The number of anilines is 2. The van der Waals surface area contributed by atoms with Crippen molar-refractivity contribution < 1.29 is 14.3 Å². The van der Waals surface area contributed by atoms with Crippen LogP contribution in [0.15, 0.2) is 78.5 Å². The Balaban J connectivity index is 1.79. The zero-order chi connectivity index (χ0) is 23.5. The van der Waals surface area contributed by atoms with Gasteiger partial charge in [0.2, 0.25) is 0 Å². The van der Waals surface area contributed by atoms with Crippen molar-refractivity contribution in [2.75, 3.05) is 16.8 Å². The number of nitrogens with zero attached hydrogens (tertiary/aromatic N) is 1. The van der Waals surface area contributed by atoms with Crippen LogP contribution in [-0.4, -0.2) is 18.4 Å².